The number of nitro groups is 1. The molecule has 0 heterocycles. The van der Waals surface area contributed by atoms with E-state index in [2.05, 4.69) is 16.3 Å². The minimum Gasteiger partial charge on any atom is -0.413 e. The number of hydrogen-bond acceptors (Lipinski definition) is 3. The van der Waals surface area contributed by atoms with Crippen LogP contribution in [-0.2, 0) is 6.18 Å². The van der Waals surface area contributed by atoms with Gasteiger partial charge < -0.3 is 4.74 Å². The number of halogens is 6. The van der Waals surface area contributed by atoms with Gasteiger partial charge in [-0.25, -0.2) is 0 Å². The van der Waals surface area contributed by atoms with Crippen molar-refractivity contribution in [1.29, 1.82) is 0 Å². The first-order valence-electron chi connectivity index (χ1n) is 4.12. The van der Waals surface area contributed by atoms with E-state index in [1.54, 1.807) is 0 Å². The van der Waals surface area contributed by atoms with Crippen LogP contribution in [0, 0.1) is 10.1 Å². The van der Waals surface area contributed by atoms with Gasteiger partial charge in [-0.1, -0.05) is 0 Å². The summed E-state index contributed by atoms with van der Waals surface area (Å²) >= 11 is 4.37. The third-order valence-corrected chi connectivity index (χ3v) is 1.79. The molecule has 1 aromatic rings. The molecular weight excluding hydrogens is 289 g/mol. The van der Waals surface area contributed by atoms with Crippen LogP contribution in [0.5, 0.6) is 5.75 Å². The molecule has 0 fully saturated rings. The summed E-state index contributed by atoms with van der Waals surface area (Å²) in [4.78, 5) is 9.17. The fraction of sp³-hybridized carbons (Fsp3) is 0.250. The third kappa shape index (κ3) is 3.69. The van der Waals surface area contributed by atoms with Crippen LogP contribution in [0.1, 0.15) is 5.56 Å². The number of nitro benzene ring substituents is 1. The molecule has 0 radical (unpaired) electrons. The smallest absolute Gasteiger partial charge is 0.413 e. The Hall–Kier alpha value is -1.64. The molecule has 0 amide bonds. The van der Waals surface area contributed by atoms with Crippen LogP contribution in [0.25, 0.3) is 0 Å². The molecular formula is C8H3ClF5NO3. The van der Waals surface area contributed by atoms with Gasteiger partial charge in [0.1, 0.15) is 0 Å². The van der Waals surface area contributed by atoms with Crippen LogP contribution in [0.3, 0.4) is 0 Å². The predicted octanol–water partition coefficient (Wildman–Crippen LogP) is 3.78. The minimum absolute atomic E-state index is 0.0813. The lowest BCUT2D eigenvalue weighted by Gasteiger charge is -2.12. The zero-order valence-corrected chi connectivity index (χ0v) is 8.93. The molecule has 0 aromatic heterocycles. The van der Waals surface area contributed by atoms with E-state index < -0.39 is 33.7 Å². The van der Waals surface area contributed by atoms with Crippen molar-refractivity contribution < 1.29 is 31.6 Å². The second-order valence-electron chi connectivity index (χ2n) is 2.99. The summed E-state index contributed by atoms with van der Waals surface area (Å²) in [7, 11) is 0. The number of rotatable bonds is 3. The largest absolute Gasteiger partial charge is 0.487 e. The first-order valence-corrected chi connectivity index (χ1v) is 4.50. The Balaban J connectivity index is 3.26. The van der Waals surface area contributed by atoms with E-state index >= 15 is 0 Å². The van der Waals surface area contributed by atoms with Crippen LogP contribution in [0.15, 0.2) is 18.2 Å². The van der Waals surface area contributed by atoms with E-state index in [9.17, 15) is 32.1 Å². The van der Waals surface area contributed by atoms with Gasteiger partial charge in [-0.05, 0) is 12.1 Å². The molecule has 1 aromatic carbocycles. The Bertz CT molecular complexity index is 471. The molecule has 0 saturated carbocycles. The summed E-state index contributed by atoms with van der Waals surface area (Å²) in [6.07, 6.45) is -4.84. The van der Waals surface area contributed by atoms with Crippen LogP contribution < -0.4 is 4.74 Å². The molecule has 4 nitrogen and oxygen atoms in total. The van der Waals surface area contributed by atoms with Gasteiger partial charge in [0, 0.05) is 17.7 Å². The van der Waals surface area contributed by atoms with Crippen LogP contribution in [-0.4, -0.2) is 10.5 Å². The number of benzene rings is 1. The van der Waals surface area contributed by atoms with Gasteiger partial charge in [0.25, 0.3) is 0 Å². The van der Waals surface area contributed by atoms with Gasteiger partial charge in [0.15, 0.2) is 0 Å². The Morgan fingerprint density at radius 2 is 1.78 bits per heavy atom. The van der Waals surface area contributed by atoms with Crippen molar-refractivity contribution in [3.05, 3.63) is 33.9 Å². The maximum atomic E-state index is 12.3. The molecule has 18 heavy (non-hydrogen) atoms. The summed E-state index contributed by atoms with van der Waals surface area (Å²) in [5.74, 6) is -1.06. The van der Waals surface area contributed by atoms with Gasteiger partial charge in [-0.3, -0.25) is 10.1 Å². The van der Waals surface area contributed by atoms with Gasteiger partial charge in [-0.2, -0.15) is 13.2 Å². The van der Waals surface area contributed by atoms with E-state index in [0.29, 0.717) is 12.1 Å². The Kier molecular flexibility index (Phi) is 3.65. The number of nitrogens with zero attached hydrogens (tertiary/aromatic N) is 1. The molecule has 0 unspecified atom stereocenters. The Morgan fingerprint density at radius 1 is 1.22 bits per heavy atom. The van der Waals surface area contributed by atoms with E-state index in [0.717, 1.165) is 0 Å². The average Bonchev–Trinajstić information content (AvgIpc) is 2.13. The zero-order valence-electron chi connectivity index (χ0n) is 8.17. The van der Waals surface area contributed by atoms with E-state index in [4.69, 9.17) is 0 Å². The zero-order chi connectivity index (χ0) is 14.1. The van der Waals surface area contributed by atoms with Crippen molar-refractivity contribution in [2.24, 2.45) is 0 Å². The third-order valence-electron chi connectivity index (χ3n) is 1.71. The van der Waals surface area contributed by atoms with Crippen molar-refractivity contribution >= 4 is 17.3 Å². The first kappa shape index (κ1) is 14.4. The molecule has 1 rings (SSSR count). The molecule has 10 heteroatoms. The summed E-state index contributed by atoms with van der Waals surface area (Å²) < 4.78 is 65.0. The van der Waals surface area contributed by atoms with Gasteiger partial charge in [0.05, 0.1) is 10.5 Å². The standard InChI is InChI=1S/C8H3ClF5NO3/c9-8(13,14)18-6-2-1-4(7(10,11)12)3-5(6)15(16)17/h1-3H. The monoisotopic (exact) mass is 291 g/mol. The highest BCUT2D eigenvalue weighted by atomic mass is 35.5. The van der Waals surface area contributed by atoms with Crippen LogP contribution >= 0.6 is 11.6 Å². The topological polar surface area (TPSA) is 52.4 Å². The molecule has 100 valence electrons. The maximum Gasteiger partial charge on any atom is 0.487 e. The Morgan fingerprint density at radius 3 is 2.17 bits per heavy atom. The van der Waals surface area contributed by atoms with Crippen molar-refractivity contribution in [3.8, 4) is 5.75 Å². The van der Waals surface area contributed by atoms with Crippen molar-refractivity contribution in [2.45, 2.75) is 11.7 Å². The lowest BCUT2D eigenvalue weighted by atomic mass is 10.2. The van der Waals surface area contributed by atoms with Crippen LogP contribution in [0.2, 0.25) is 0 Å². The highest BCUT2D eigenvalue weighted by Gasteiger charge is 2.36. The summed E-state index contributed by atoms with van der Waals surface area (Å²) in [6, 6.07) is 0.847. The van der Waals surface area contributed by atoms with Gasteiger partial charge in [0.2, 0.25) is 5.75 Å². The molecule has 0 saturated heterocycles. The number of hydrogen-bond donors (Lipinski definition) is 0. The van der Waals surface area contributed by atoms with Crippen molar-refractivity contribution in [2.75, 3.05) is 0 Å². The lowest BCUT2D eigenvalue weighted by Crippen LogP contribution is -2.17. The Labute approximate surface area is 101 Å². The highest BCUT2D eigenvalue weighted by molar-refractivity contribution is 6.20. The minimum atomic E-state index is -4.84. The molecule has 0 aliphatic heterocycles. The maximum absolute atomic E-state index is 12.3. The second-order valence-corrected chi connectivity index (χ2v) is 3.43. The molecule has 0 aliphatic carbocycles. The van der Waals surface area contributed by atoms with E-state index in [1.165, 1.54) is 0 Å². The summed E-state index contributed by atoms with van der Waals surface area (Å²) in [5.41, 5.74) is -6.88. The highest BCUT2D eigenvalue weighted by Crippen LogP contribution is 2.38. The second kappa shape index (κ2) is 4.56. The number of alkyl halides is 6. The molecule has 0 N–H and O–H groups in total. The normalized spacial score (nSPS) is 12.3. The average molecular weight is 292 g/mol. The van der Waals surface area contributed by atoms with Crippen molar-refractivity contribution in [3.63, 3.8) is 0 Å². The lowest BCUT2D eigenvalue weighted by molar-refractivity contribution is -0.386. The molecule has 0 spiro atoms. The van der Waals surface area contributed by atoms with E-state index in [1.807, 2.05) is 0 Å². The quantitative estimate of drug-likeness (QED) is 0.368. The number of ether oxygens (including phenoxy) is 1. The van der Waals surface area contributed by atoms with Gasteiger partial charge in [-0.15, -0.1) is 8.78 Å². The first-order chi connectivity index (χ1) is 8.00. The predicted molar refractivity (Wildman–Crippen MR) is 49.5 cm³/mol. The SMILES string of the molecule is O=[N+]([O-])c1cc(C(F)(F)F)ccc1OC(F)(F)Cl. The fourth-order valence-electron chi connectivity index (χ4n) is 1.05. The van der Waals surface area contributed by atoms with Crippen LogP contribution in [0.4, 0.5) is 27.6 Å². The summed E-state index contributed by atoms with van der Waals surface area (Å²) in [6.45, 7) is 0. The van der Waals surface area contributed by atoms with Crippen molar-refractivity contribution in [1.82, 2.24) is 0 Å². The van der Waals surface area contributed by atoms with Gasteiger partial charge >= 0.3 is 17.4 Å². The molecule has 0 atom stereocenters. The molecule has 0 bridgehead atoms. The van der Waals surface area contributed by atoms with E-state index in [-0.39, 0.29) is 6.07 Å². The summed E-state index contributed by atoms with van der Waals surface area (Å²) in [5, 5.41) is 10.5. The molecule has 0 aliphatic rings. The fourth-order valence-corrected chi connectivity index (χ4v) is 1.13.